The van der Waals surface area contributed by atoms with Crippen LogP contribution in [0.1, 0.15) is 113 Å². The molecule has 76 heavy (non-hydrogen) atoms. The first-order valence-corrected chi connectivity index (χ1v) is 23.6. The van der Waals surface area contributed by atoms with Gasteiger partial charge in [0.1, 0.15) is 48.8 Å². The van der Waals surface area contributed by atoms with Gasteiger partial charge in [0, 0.05) is 41.2 Å². The average Bonchev–Trinajstić information content (AvgIpc) is 4.17. The molecule has 1 aliphatic carbocycles. The normalized spacial score (nSPS) is 18.7. The van der Waals surface area contributed by atoms with Crippen molar-refractivity contribution in [3.8, 4) is 5.75 Å². The second-order valence-corrected chi connectivity index (χ2v) is 17.8. The highest BCUT2D eigenvalue weighted by Crippen LogP contribution is 2.37. The van der Waals surface area contributed by atoms with Gasteiger partial charge in [0.05, 0.1) is 13.0 Å². The third-order valence-corrected chi connectivity index (χ3v) is 10.6. The zero-order chi connectivity index (χ0) is 58.6. The van der Waals surface area contributed by atoms with E-state index in [1.54, 1.807) is 59.8 Å². The Morgan fingerprint density at radius 1 is 0.737 bits per heavy atom. The van der Waals surface area contributed by atoms with Crippen molar-refractivity contribution in [3.63, 3.8) is 0 Å². The molecule has 5 rings (SSSR count). The third-order valence-electron chi connectivity index (χ3n) is 10.6. The summed E-state index contributed by atoms with van der Waals surface area (Å²) in [6.07, 6.45) is 1.18. The maximum Gasteiger partial charge on any atom is 0.508 e. The first kappa shape index (κ1) is 68.5. The Kier molecular flexibility index (Phi) is 30.1. The predicted molar refractivity (Wildman–Crippen MR) is 268 cm³/mol. The number of carbonyl (C=O) groups excluding carboxylic acids is 9. The van der Waals surface area contributed by atoms with Crippen molar-refractivity contribution in [1.29, 1.82) is 0 Å². The van der Waals surface area contributed by atoms with Gasteiger partial charge in [-0.1, -0.05) is 64.6 Å². The Bertz CT molecular complexity index is 2270. The Morgan fingerprint density at radius 2 is 1.26 bits per heavy atom. The number of ether oxygens (including phenoxy) is 10. The van der Waals surface area contributed by atoms with E-state index in [9.17, 15) is 56.3 Å². The van der Waals surface area contributed by atoms with Crippen LogP contribution in [0.3, 0.4) is 0 Å². The summed E-state index contributed by atoms with van der Waals surface area (Å²) in [5.74, 6) is -3.07. The van der Waals surface area contributed by atoms with Crippen molar-refractivity contribution in [1.82, 2.24) is 0 Å². The number of benzene rings is 1. The van der Waals surface area contributed by atoms with Gasteiger partial charge in [-0.15, -0.1) is 0 Å². The van der Waals surface area contributed by atoms with Crippen molar-refractivity contribution in [2.24, 2.45) is 5.41 Å². The number of rotatable bonds is 15. The first-order valence-electron chi connectivity index (χ1n) is 23.6. The Morgan fingerprint density at radius 3 is 1.66 bits per heavy atom. The highest BCUT2D eigenvalue weighted by molar-refractivity contribution is 5.89. The summed E-state index contributed by atoms with van der Waals surface area (Å²) in [4.78, 5) is 97.8. The van der Waals surface area contributed by atoms with Crippen LogP contribution in [-0.4, -0.2) is 117 Å². The van der Waals surface area contributed by atoms with Crippen LogP contribution in [0.5, 0.6) is 5.75 Å². The molecule has 4 fully saturated rings. The highest BCUT2D eigenvalue weighted by atomic mass is 19.4. The number of esters is 8. The molecule has 1 saturated carbocycles. The van der Waals surface area contributed by atoms with Gasteiger partial charge >= 0.3 is 60.1 Å². The molecule has 1 aromatic rings. The average molecular weight is 1080 g/mol. The Labute approximate surface area is 441 Å². The number of hydrogen-bond acceptors (Lipinski definition) is 19. The van der Waals surface area contributed by atoms with Gasteiger partial charge in [0.2, 0.25) is 0 Å². The van der Waals surface area contributed by atoms with E-state index in [1.165, 1.54) is 26.7 Å². The molecular formula is C54H71F3O19. The summed E-state index contributed by atoms with van der Waals surface area (Å²) >= 11 is 0. The lowest BCUT2D eigenvalue weighted by Crippen LogP contribution is -2.37. The molecule has 422 valence electrons. The molecule has 0 N–H and O–H groups in total. The van der Waals surface area contributed by atoms with E-state index in [0.717, 1.165) is 24.8 Å². The van der Waals surface area contributed by atoms with E-state index in [-0.39, 0.29) is 61.3 Å². The molecule has 19 nitrogen and oxygen atoms in total. The van der Waals surface area contributed by atoms with Gasteiger partial charge in [-0.25, -0.2) is 28.8 Å². The zero-order valence-electron chi connectivity index (χ0n) is 44.7. The Balaban J connectivity index is 0.000000891. The van der Waals surface area contributed by atoms with Crippen LogP contribution < -0.4 is 4.74 Å². The molecule has 0 amide bonds. The largest absolute Gasteiger partial charge is 0.508 e. The lowest BCUT2D eigenvalue weighted by molar-refractivity contribution is -0.183. The van der Waals surface area contributed by atoms with E-state index in [1.807, 2.05) is 12.1 Å². The number of carbonyl (C=O) groups is 9. The molecule has 3 heterocycles. The fourth-order valence-electron chi connectivity index (χ4n) is 5.88. The minimum Gasteiger partial charge on any atom is -0.465 e. The molecular weight excluding hydrogens is 1010 g/mol. The minimum absolute atomic E-state index is 0.0113. The van der Waals surface area contributed by atoms with Crippen molar-refractivity contribution >= 4 is 60.0 Å². The molecule has 0 radical (unpaired) electrons. The molecule has 4 unspecified atom stereocenters. The summed E-state index contributed by atoms with van der Waals surface area (Å²) in [6.45, 7) is 34.3. The fourth-order valence-corrected chi connectivity index (χ4v) is 5.88. The number of cyclic esters (lactones) is 4. The first-order chi connectivity index (χ1) is 35.2. The predicted octanol–water partition coefficient (Wildman–Crippen LogP) is 9.26. The van der Waals surface area contributed by atoms with E-state index in [2.05, 4.69) is 65.3 Å². The van der Waals surface area contributed by atoms with Crippen LogP contribution in [0.2, 0.25) is 0 Å². The lowest BCUT2D eigenvalue weighted by Gasteiger charge is -2.27. The monoisotopic (exact) mass is 1080 g/mol. The molecule has 4 aliphatic rings. The van der Waals surface area contributed by atoms with Gasteiger partial charge in [-0.2, -0.15) is 13.2 Å². The molecule has 3 aliphatic heterocycles. The van der Waals surface area contributed by atoms with Crippen LogP contribution >= 0.6 is 0 Å². The molecule has 0 aromatic heterocycles. The standard InChI is InChI=1S/C11H16O4.C11H18O2.C10H10O2.C8H10O5.C8H10O4.C6H7F3O2/c1-7(2)9(12)15-8(3)11(4)5-6-14-10(11)13;1-4-11(7-5-6-8-11)13-10(12)9(2)3;1-3-9-4-6-10(7-5-9)12-8(2)11;1-5(2)7(9)11-3-6-4-12-8(10)13-6;1-5(2)8(10)12-6-3-7(9)11-4-6;1-4(2)5(10)11-3-6(7,8)9/h8H,1,5-6H2,2-4H3;2,4-8H2,1,3H3;3-7H,1H2,2H3;6H,1,3-4H2,2H3;6H,1,3-4H2,2H3;1,3H2,2H3. The molecule has 1 aromatic carbocycles. The van der Waals surface area contributed by atoms with E-state index in [0.29, 0.717) is 41.1 Å². The number of alkyl halides is 3. The van der Waals surface area contributed by atoms with Gasteiger partial charge in [-0.3, -0.25) is 14.4 Å². The van der Waals surface area contributed by atoms with E-state index < -0.39 is 66.5 Å². The van der Waals surface area contributed by atoms with Crippen LogP contribution in [0.15, 0.2) is 91.6 Å². The van der Waals surface area contributed by atoms with E-state index in [4.69, 9.17) is 28.4 Å². The SMILES string of the molecule is C=C(C)C(=O)OC(C)C1(C)CCOC1=O.C=C(C)C(=O)OC1(CC)CCCC1.C=C(C)C(=O)OC1COC(=O)C1.C=C(C)C(=O)OCC(F)(F)F.C=C(C)C(=O)OCC1COC(=O)O1.C=Cc1ccc(OC(C)=O)cc1. The maximum absolute atomic E-state index is 11.5. The van der Waals surface area contributed by atoms with Gasteiger partial charge < -0.3 is 47.4 Å². The molecule has 4 atom stereocenters. The van der Waals surface area contributed by atoms with Gasteiger partial charge in [0.25, 0.3) is 0 Å². The second kappa shape index (κ2) is 33.4. The highest BCUT2D eigenvalue weighted by Gasteiger charge is 2.46. The summed E-state index contributed by atoms with van der Waals surface area (Å²) in [5, 5.41) is 0. The maximum atomic E-state index is 11.5. The van der Waals surface area contributed by atoms with Crippen LogP contribution in [0, 0.1) is 5.41 Å². The summed E-state index contributed by atoms with van der Waals surface area (Å²) in [6, 6.07) is 7.15. The van der Waals surface area contributed by atoms with Crippen molar-refractivity contribution < 1.29 is 104 Å². The van der Waals surface area contributed by atoms with Gasteiger partial charge in [0.15, 0.2) is 12.7 Å². The molecule has 22 heteroatoms. The van der Waals surface area contributed by atoms with Crippen LogP contribution in [-0.2, 0) is 81.0 Å². The number of halogens is 3. The van der Waals surface area contributed by atoms with Crippen molar-refractivity contribution in [2.45, 2.75) is 137 Å². The molecule has 0 bridgehead atoms. The smallest absolute Gasteiger partial charge is 0.465 e. The van der Waals surface area contributed by atoms with Gasteiger partial charge in [-0.05, 0) is 98.3 Å². The third kappa shape index (κ3) is 27.7. The van der Waals surface area contributed by atoms with Crippen LogP contribution in [0.25, 0.3) is 6.08 Å². The zero-order valence-corrected chi connectivity index (χ0v) is 44.7. The van der Waals surface area contributed by atoms with E-state index >= 15 is 0 Å². The summed E-state index contributed by atoms with van der Waals surface area (Å²) in [7, 11) is 0. The van der Waals surface area contributed by atoms with Crippen molar-refractivity contribution in [3.05, 3.63) is 97.2 Å². The summed E-state index contributed by atoms with van der Waals surface area (Å²) in [5.41, 5.74) is 1.54. The summed E-state index contributed by atoms with van der Waals surface area (Å²) < 4.78 is 81.5. The fraction of sp³-hybridized carbons (Fsp3) is 0.500. The quantitative estimate of drug-likeness (QED) is 0.0687. The second-order valence-electron chi connectivity index (χ2n) is 17.8. The Hall–Kier alpha value is -7.52. The molecule has 0 spiro atoms. The van der Waals surface area contributed by atoms with Crippen LogP contribution in [0.4, 0.5) is 18.0 Å². The topological polar surface area (TPSA) is 246 Å². The minimum atomic E-state index is -4.47. The van der Waals surface area contributed by atoms with Crippen molar-refractivity contribution in [2.75, 3.05) is 33.0 Å². The lowest BCUT2D eigenvalue weighted by atomic mass is 9.83. The molecule has 3 saturated heterocycles. The number of hydrogen-bond donors (Lipinski definition) is 0.